The molecule has 1 atom stereocenters. The van der Waals surface area contributed by atoms with E-state index in [0.29, 0.717) is 21.8 Å². The van der Waals surface area contributed by atoms with E-state index in [9.17, 15) is 18.0 Å². The largest absolute Gasteiger partial charge is 0.416 e. The fourth-order valence-corrected chi connectivity index (χ4v) is 4.94. The van der Waals surface area contributed by atoms with Crippen molar-refractivity contribution >= 4 is 40.7 Å². The highest BCUT2D eigenvalue weighted by Gasteiger charge is 2.33. The molecule has 1 fully saturated rings. The van der Waals surface area contributed by atoms with Gasteiger partial charge in [0.2, 0.25) is 5.91 Å². The molecule has 5 rings (SSSR count). The summed E-state index contributed by atoms with van der Waals surface area (Å²) < 4.78 is 40.8. The van der Waals surface area contributed by atoms with E-state index in [-0.39, 0.29) is 17.5 Å². The number of carbonyl (C=O) groups excluding carboxylic acids is 1. The zero-order valence-electron chi connectivity index (χ0n) is 19.6. The Kier molecular flexibility index (Phi) is 7.35. The van der Waals surface area contributed by atoms with Crippen molar-refractivity contribution in [1.82, 2.24) is 15.1 Å². The number of thioether (sulfide) groups is 1. The normalized spacial score (nSPS) is 16.9. The Morgan fingerprint density at radius 1 is 1.05 bits per heavy atom. The van der Waals surface area contributed by atoms with Gasteiger partial charge < -0.3 is 5.32 Å². The van der Waals surface area contributed by atoms with Gasteiger partial charge >= 0.3 is 6.18 Å². The molecule has 1 N–H and O–H groups in total. The minimum atomic E-state index is -4.44. The van der Waals surface area contributed by atoms with E-state index in [0.717, 1.165) is 35.1 Å². The molecule has 192 valence electrons. The minimum Gasteiger partial charge on any atom is -0.303 e. The second kappa shape index (κ2) is 10.8. The number of nitrogens with zero attached hydrogens (tertiary/aromatic N) is 4. The Morgan fingerprint density at radius 3 is 2.55 bits per heavy atom. The van der Waals surface area contributed by atoms with Gasteiger partial charge in [-0.15, -0.1) is 5.10 Å². The number of halogens is 4. The highest BCUT2D eigenvalue weighted by Crippen LogP contribution is 2.31. The van der Waals surface area contributed by atoms with E-state index < -0.39 is 17.0 Å². The number of amidine groups is 1. The van der Waals surface area contributed by atoms with Crippen molar-refractivity contribution in [3.8, 4) is 16.9 Å². The molecule has 1 aliphatic heterocycles. The molecule has 1 amide bonds. The van der Waals surface area contributed by atoms with Crippen LogP contribution in [0.3, 0.4) is 0 Å². The maximum atomic E-state index is 13.0. The van der Waals surface area contributed by atoms with Crippen LogP contribution in [-0.2, 0) is 17.4 Å². The Hall–Kier alpha value is -3.89. The standard InChI is InChI=1S/C27H19ClF3N5OS/c28-21-11-9-18(10-12-21)24-19(16-36(35-24)22-7-2-1-3-8-22)15-32-34-26-33-25(37)23(38-26)14-17-5-4-6-20(13-17)27(29,30)31/h1-13,15-16,23H,14H2,(H,33,34,37)/b32-15+. The lowest BCUT2D eigenvalue weighted by Crippen LogP contribution is -2.26. The molecule has 1 saturated heterocycles. The van der Waals surface area contributed by atoms with Crippen LogP contribution in [0.2, 0.25) is 5.02 Å². The predicted octanol–water partition coefficient (Wildman–Crippen LogP) is 6.38. The summed E-state index contributed by atoms with van der Waals surface area (Å²) in [7, 11) is 0. The molecule has 3 aromatic carbocycles. The number of nitrogens with one attached hydrogen (secondary N) is 1. The number of aromatic nitrogens is 2. The molecule has 0 bridgehead atoms. The number of hydrogen-bond donors (Lipinski definition) is 1. The van der Waals surface area contributed by atoms with E-state index in [1.807, 2.05) is 48.7 Å². The van der Waals surface area contributed by atoms with Crippen LogP contribution in [0.25, 0.3) is 16.9 Å². The monoisotopic (exact) mass is 553 g/mol. The third-order valence-corrected chi connectivity index (χ3v) is 7.00. The summed E-state index contributed by atoms with van der Waals surface area (Å²) in [4.78, 5) is 12.4. The number of hydrogen-bond acceptors (Lipinski definition) is 5. The van der Waals surface area contributed by atoms with Crippen molar-refractivity contribution in [3.05, 3.63) is 107 Å². The van der Waals surface area contributed by atoms with Crippen molar-refractivity contribution in [2.45, 2.75) is 17.8 Å². The van der Waals surface area contributed by atoms with E-state index in [1.165, 1.54) is 12.3 Å². The quantitative estimate of drug-likeness (QED) is 0.223. The van der Waals surface area contributed by atoms with E-state index in [1.54, 1.807) is 22.9 Å². The maximum Gasteiger partial charge on any atom is 0.416 e. The van der Waals surface area contributed by atoms with Gasteiger partial charge in [0.15, 0.2) is 5.17 Å². The average molecular weight is 554 g/mol. The summed E-state index contributed by atoms with van der Waals surface area (Å²) >= 11 is 7.17. The van der Waals surface area contributed by atoms with Crippen LogP contribution in [0.4, 0.5) is 13.2 Å². The fourth-order valence-electron chi connectivity index (χ4n) is 3.85. The van der Waals surface area contributed by atoms with Crippen LogP contribution in [0.5, 0.6) is 0 Å². The van der Waals surface area contributed by atoms with Crippen molar-refractivity contribution in [2.75, 3.05) is 0 Å². The van der Waals surface area contributed by atoms with Gasteiger partial charge in [-0.2, -0.15) is 23.4 Å². The molecule has 38 heavy (non-hydrogen) atoms. The number of alkyl halides is 3. The van der Waals surface area contributed by atoms with Gasteiger partial charge in [-0.05, 0) is 42.3 Å². The molecule has 1 aliphatic rings. The molecule has 11 heteroatoms. The van der Waals surface area contributed by atoms with Gasteiger partial charge in [0.05, 0.1) is 22.7 Å². The lowest BCUT2D eigenvalue weighted by Gasteiger charge is -2.10. The Bertz CT molecular complexity index is 1520. The summed E-state index contributed by atoms with van der Waals surface area (Å²) in [5, 5.41) is 15.9. The van der Waals surface area contributed by atoms with Crippen molar-refractivity contribution < 1.29 is 18.0 Å². The van der Waals surface area contributed by atoms with Crippen LogP contribution < -0.4 is 5.32 Å². The first-order chi connectivity index (χ1) is 18.3. The summed E-state index contributed by atoms with van der Waals surface area (Å²) in [5.74, 6) is -0.333. The van der Waals surface area contributed by atoms with Gasteiger partial charge in [0, 0.05) is 22.3 Å². The molecule has 2 heterocycles. The molecule has 0 saturated carbocycles. The molecule has 4 aromatic rings. The highest BCUT2D eigenvalue weighted by atomic mass is 35.5. The van der Waals surface area contributed by atoms with Crippen LogP contribution in [0.15, 0.2) is 95.3 Å². The first-order valence-corrected chi connectivity index (χ1v) is 12.7. The number of amides is 1. The first kappa shape index (κ1) is 25.7. The number of benzene rings is 3. The summed E-state index contributed by atoms with van der Waals surface area (Å²) in [6, 6.07) is 21.8. The SMILES string of the molecule is O=C1N/C(=N\N=C\c2cn(-c3ccccc3)nc2-c2ccc(Cl)cc2)SC1Cc1cccc(C(F)(F)F)c1. The lowest BCUT2D eigenvalue weighted by atomic mass is 10.1. The van der Waals surface area contributed by atoms with Crippen molar-refractivity contribution in [1.29, 1.82) is 0 Å². The zero-order valence-corrected chi connectivity index (χ0v) is 21.1. The fraction of sp³-hybridized carbons (Fsp3) is 0.111. The van der Waals surface area contributed by atoms with Crippen molar-refractivity contribution in [2.24, 2.45) is 10.2 Å². The molecule has 1 aromatic heterocycles. The smallest absolute Gasteiger partial charge is 0.303 e. The molecule has 0 radical (unpaired) electrons. The number of rotatable bonds is 6. The van der Waals surface area contributed by atoms with Gasteiger partial charge in [0.25, 0.3) is 0 Å². The predicted molar refractivity (Wildman–Crippen MR) is 144 cm³/mol. The Labute approximate surface area is 225 Å². The van der Waals surface area contributed by atoms with Crippen LogP contribution in [-0.4, -0.2) is 32.3 Å². The molecular weight excluding hydrogens is 535 g/mol. The zero-order chi connectivity index (χ0) is 26.7. The molecule has 1 unspecified atom stereocenters. The Balaban J connectivity index is 1.35. The average Bonchev–Trinajstić information content (AvgIpc) is 3.48. The second-order valence-electron chi connectivity index (χ2n) is 8.37. The van der Waals surface area contributed by atoms with Crippen LogP contribution in [0, 0.1) is 0 Å². The second-order valence-corrected chi connectivity index (χ2v) is 10.00. The molecule has 0 aliphatic carbocycles. The number of para-hydroxylation sites is 1. The third-order valence-electron chi connectivity index (χ3n) is 5.68. The Morgan fingerprint density at radius 2 is 1.82 bits per heavy atom. The summed E-state index contributed by atoms with van der Waals surface area (Å²) in [6.45, 7) is 0. The molecule has 6 nitrogen and oxygen atoms in total. The van der Waals surface area contributed by atoms with E-state index >= 15 is 0 Å². The first-order valence-electron chi connectivity index (χ1n) is 11.4. The molecular formula is C27H19ClF3N5OS. The lowest BCUT2D eigenvalue weighted by molar-refractivity contribution is -0.137. The molecule has 0 spiro atoms. The van der Waals surface area contributed by atoms with Gasteiger partial charge in [-0.25, -0.2) is 4.68 Å². The van der Waals surface area contributed by atoms with Crippen molar-refractivity contribution in [3.63, 3.8) is 0 Å². The topological polar surface area (TPSA) is 71.6 Å². The van der Waals surface area contributed by atoms with Gasteiger partial charge in [0.1, 0.15) is 5.69 Å². The van der Waals surface area contributed by atoms with E-state index in [4.69, 9.17) is 16.7 Å². The summed E-state index contributed by atoms with van der Waals surface area (Å²) in [6.07, 6.45) is -0.953. The highest BCUT2D eigenvalue weighted by molar-refractivity contribution is 8.15. The van der Waals surface area contributed by atoms with Gasteiger partial charge in [-0.1, -0.05) is 71.9 Å². The maximum absolute atomic E-state index is 13.0. The van der Waals surface area contributed by atoms with Gasteiger partial charge in [-0.3, -0.25) is 4.79 Å². The summed E-state index contributed by atoms with van der Waals surface area (Å²) in [5.41, 5.74) is 2.73. The number of carbonyl (C=O) groups is 1. The van der Waals surface area contributed by atoms with E-state index in [2.05, 4.69) is 15.5 Å². The third kappa shape index (κ3) is 5.98. The van der Waals surface area contributed by atoms with Crippen LogP contribution in [0.1, 0.15) is 16.7 Å². The van der Waals surface area contributed by atoms with Crippen LogP contribution >= 0.6 is 23.4 Å². The minimum absolute atomic E-state index is 0.133.